The second kappa shape index (κ2) is 11.4. The number of benzene rings is 2. The van der Waals surface area contributed by atoms with E-state index in [4.69, 9.17) is 10.1 Å². The molecule has 0 amide bonds. The van der Waals surface area contributed by atoms with Crippen LogP contribution in [-0.4, -0.2) is 35.4 Å². The molecule has 2 aromatic carbocycles. The molecule has 4 aromatic rings. The minimum atomic E-state index is 0.676. The third-order valence-electron chi connectivity index (χ3n) is 7.12. The molecule has 1 saturated carbocycles. The first kappa shape index (κ1) is 23.4. The first-order valence-electron chi connectivity index (χ1n) is 13.1. The maximum absolute atomic E-state index is 5.03. The van der Waals surface area contributed by atoms with Gasteiger partial charge in [0.15, 0.2) is 11.6 Å². The quantitative estimate of drug-likeness (QED) is 0.287. The fraction of sp³-hybridized carbons (Fsp3) is 0.464. The van der Waals surface area contributed by atoms with Crippen molar-refractivity contribution in [2.24, 2.45) is 5.92 Å². The van der Waals surface area contributed by atoms with Crippen molar-refractivity contribution in [3.8, 4) is 22.5 Å². The fourth-order valence-corrected chi connectivity index (χ4v) is 5.18. The summed E-state index contributed by atoms with van der Waals surface area (Å²) in [6.07, 6.45) is 12.2. The zero-order valence-corrected chi connectivity index (χ0v) is 20.7. The molecule has 35 heavy (non-hydrogen) atoms. The van der Waals surface area contributed by atoms with E-state index >= 15 is 0 Å². The summed E-state index contributed by atoms with van der Waals surface area (Å²) in [4.78, 5) is 5.03. The van der Waals surface area contributed by atoms with Gasteiger partial charge in [0.1, 0.15) is 5.82 Å². The van der Waals surface area contributed by atoms with Gasteiger partial charge in [0.2, 0.25) is 0 Å². The lowest BCUT2D eigenvalue weighted by atomic mass is 9.87. The average Bonchev–Trinajstić information content (AvgIpc) is 3.56. The molecule has 7 nitrogen and oxygen atoms in total. The number of tetrazole rings is 1. The highest BCUT2D eigenvalue weighted by molar-refractivity contribution is 5.80. The van der Waals surface area contributed by atoms with Gasteiger partial charge in [-0.15, -0.1) is 5.10 Å². The lowest BCUT2D eigenvalue weighted by Gasteiger charge is -2.19. The topological polar surface area (TPSA) is 85.2 Å². The number of hydrogen-bond acceptors (Lipinski definition) is 5. The van der Waals surface area contributed by atoms with E-state index in [9.17, 15) is 0 Å². The molecule has 2 heterocycles. The monoisotopic (exact) mass is 469 g/mol. The number of aromatic amines is 1. The van der Waals surface area contributed by atoms with Gasteiger partial charge in [-0.3, -0.25) is 0 Å². The third kappa shape index (κ3) is 5.84. The van der Waals surface area contributed by atoms with E-state index in [2.05, 4.69) is 62.6 Å². The Labute approximate surface area is 207 Å². The number of rotatable bonds is 10. The third-order valence-corrected chi connectivity index (χ3v) is 7.12. The Morgan fingerprint density at radius 2 is 1.74 bits per heavy atom. The van der Waals surface area contributed by atoms with Crippen LogP contribution < -0.4 is 0 Å². The molecule has 5 rings (SSSR count). The van der Waals surface area contributed by atoms with Gasteiger partial charge in [-0.2, -0.15) is 5.10 Å². The van der Waals surface area contributed by atoms with Crippen molar-refractivity contribution >= 4 is 0 Å². The van der Waals surface area contributed by atoms with Crippen molar-refractivity contribution in [3.05, 3.63) is 65.7 Å². The zero-order valence-electron chi connectivity index (χ0n) is 20.7. The number of nitrogens with zero attached hydrogens (tertiary/aromatic N) is 6. The Morgan fingerprint density at radius 3 is 2.49 bits per heavy atom. The van der Waals surface area contributed by atoms with Gasteiger partial charge < -0.3 is 0 Å². The van der Waals surface area contributed by atoms with Crippen LogP contribution in [0.25, 0.3) is 22.5 Å². The van der Waals surface area contributed by atoms with E-state index in [0.717, 1.165) is 60.1 Å². The highest BCUT2D eigenvalue weighted by Gasteiger charge is 2.18. The number of aromatic nitrogens is 7. The van der Waals surface area contributed by atoms with Gasteiger partial charge in [-0.05, 0) is 39.5 Å². The number of H-pyrrole nitrogens is 1. The first-order chi connectivity index (χ1) is 17.3. The first-order valence-corrected chi connectivity index (χ1v) is 13.1. The molecule has 0 unspecified atom stereocenters. The summed E-state index contributed by atoms with van der Waals surface area (Å²) < 4.78 is 2.17. The molecule has 1 N–H and O–H groups in total. The van der Waals surface area contributed by atoms with Crippen molar-refractivity contribution in [2.75, 3.05) is 0 Å². The average molecular weight is 470 g/mol. The summed E-state index contributed by atoms with van der Waals surface area (Å²) >= 11 is 0. The minimum Gasteiger partial charge on any atom is -0.249 e. The number of nitrogens with one attached hydrogen (secondary N) is 1. The molecule has 1 aliphatic rings. The normalized spacial score (nSPS) is 14.4. The van der Waals surface area contributed by atoms with Crippen LogP contribution in [0.15, 0.2) is 48.5 Å². The summed E-state index contributed by atoms with van der Waals surface area (Å²) in [5.41, 5.74) is 4.49. The van der Waals surface area contributed by atoms with Gasteiger partial charge in [-0.25, -0.2) is 14.8 Å². The van der Waals surface area contributed by atoms with E-state index in [-0.39, 0.29) is 0 Å². The van der Waals surface area contributed by atoms with Crippen LogP contribution in [-0.2, 0) is 19.4 Å². The van der Waals surface area contributed by atoms with Crippen LogP contribution in [0.5, 0.6) is 0 Å². The van der Waals surface area contributed by atoms with Crippen molar-refractivity contribution in [2.45, 2.75) is 77.7 Å². The van der Waals surface area contributed by atoms with Crippen molar-refractivity contribution in [1.29, 1.82) is 0 Å². The molecule has 7 heteroatoms. The maximum atomic E-state index is 5.03. The van der Waals surface area contributed by atoms with Crippen LogP contribution in [0.2, 0.25) is 0 Å². The maximum Gasteiger partial charge on any atom is 0.180 e. The Hall–Kier alpha value is -3.35. The molecule has 2 aromatic heterocycles. The predicted molar refractivity (Wildman–Crippen MR) is 138 cm³/mol. The Balaban J connectivity index is 1.34. The van der Waals surface area contributed by atoms with Crippen LogP contribution in [0.1, 0.15) is 75.5 Å². The second-order valence-electron chi connectivity index (χ2n) is 9.75. The molecule has 0 spiro atoms. The second-order valence-corrected chi connectivity index (χ2v) is 9.75. The van der Waals surface area contributed by atoms with E-state index in [1.807, 2.05) is 18.2 Å². The number of aryl methyl sites for hydroxylation is 1. The summed E-state index contributed by atoms with van der Waals surface area (Å²) in [5, 5.41) is 19.4. The SMILES string of the molecule is CCCCCn1nc(CC2CCCCC2)nc1Cc1ccc(-c2ccccc2-c2nnn[nH]2)cc1. The fourth-order valence-electron chi connectivity index (χ4n) is 5.18. The van der Waals surface area contributed by atoms with Crippen LogP contribution in [0.3, 0.4) is 0 Å². The lowest BCUT2D eigenvalue weighted by molar-refractivity contribution is 0.351. The molecule has 0 aliphatic heterocycles. The Morgan fingerprint density at radius 1 is 0.943 bits per heavy atom. The molecule has 182 valence electrons. The standard InChI is InChI=1S/C28H35N7/c1-2-3-9-18-35-27(29-26(32-35)19-21-10-5-4-6-11-21)20-22-14-16-23(17-15-22)24-12-7-8-13-25(24)28-30-33-34-31-28/h7-8,12-17,21H,2-6,9-11,18-20H2,1H3,(H,30,31,33,34). The highest BCUT2D eigenvalue weighted by atomic mass is 15.5. The number of hydrogen-bond donors (Lipinski definition) is 1. The predicted octanol–water partition coefficient (Wildman–Crippen LogP) is 6.03. The van der Waals surface area contributed by atoms with Gasteiger partial charge in [0, 0.05) is 24.9 Å². The molecule has 0 saturated heterocycles. The molecule has 0 bridgehead atoms. The van der Waals surface area contributed by atoms with E-state index in [1.165, 1.54) is 50.5 Å². The summed E-state index contributed by atoms with van der Waals surface area (Å²) in [5.74, 6) is 3.56. The Bertz CT molecular complexity index is 1190. The van der Waals surface area contributed by atoms with Gasteiger partial charge in [-0.1, -0.05) is 100 Å². The molecule has 0 radical (unpaired) electrons. The molecular weight excluding hydrogens is 434 g/mol. The van der Waals surface area contributed by atoms with E-state index in [0.29, 0.717) is 5.82 Å². The van der Waals surface area contributed by atoms with Gasteiger partial charge >= 0.3 is 0 Å². The van der Waals surface area contributed by atoms with Gasteiger partial charge in [0.25, 0.3) is 0 Å². The number of unbranched alkanes of at least 4 members (excludes halogenated alkanes) is 2. The largest absolute Gasteiger partial charge is 0.249 e. The van der Waals surface area contributed by atoms with E-state index < -0.39 is 0 Å². The van der Waals surface area contributed by atoms with E-state index in [1.54, 1.807) is 0 Å². The van der Waals surface area contributed by atoms with Crippen LogP contribution in [0, 0.1) is 5.92 Å². The zero-order chi connectivity index (χ0) is 23.9. The van der Waals surface area contributed by atoms with Crippen molar-refractivity contribution in [3.63, 3.8) is 0 Å². The molecular formula is C28H35N7. The van der Waals surface area contributed by atoms with Crippen LogP contribution in [0.4, 0.5) is 0 Å². The summed E-state index contributed by atoms with van der Waals surface area (Å²) in [6.45, 7) is 3.20. The summed E-state index contributed by atoms with van der Waals surface area (Å²) in [6, 6.07) is 17.0. The summed E-state index contributed by atoms with van der Waals surface area (Å²) in [7, 11) is 0. The lowest BCUT2D eigenvalue weighted by Crippen LogP contribution is -2.10. The highest BCUT2D eigenvalue weighted by Crippen LogP contribution is 2.30. The van der Waals surface area contributed by atoms with Crippen molar-refractivity contribution in [1.82, 2.24) is 35.4 Å². The Kier molecular flexibility index (Phi) is 7.61. The molecule has 1 aliphatic carbocycles. The molecule has 0 atom stereocenters. The van der Waals surface area contributed by atoms with Gasteiger partial charge in [0.05, 0.1) is 0 Å². The molecule has 1 fully saturated rings. The smallest absolute Gasteiger partial charge is 0.180 e. The van der Waals surface area contributed by atoms with Crippen LogP contribution >= 0.6 is 0 Å². The minimum absolute atomic E-state index is 0.676. The van der Waals surface area contributed by atoms with Crippen molar-refractivity contribution < 1.29 is 0 Å².